The molecular formula is C23H22N2O7. The molecule has 4 rings (SSSR count). The van der Waals surface area contributed by atoms with E-state index in [1.165, 1.54) is 31.6 Å². The van der Waals surface area contributed by atoms with Crippen LogP contribution in [0, 0.1) is 17.8 Å². The maximum atomic E-state index is 12.8. The van der Waals surface area contributed by atoms with Crippen molar-refractivity contribution in [2.75, 3.05) is 7.11 Å². The predicted molar refractivity (Wildman–Crippen MR) is 111 cm³/mol. The Bertz CT molecular complexity index is 1070. The van der Waals surface area contributed by atoms with Crippen LogP contribution >= 0.6 is 0 Å². The van der Waals surface area contributed by atoms with E-state index in [0.717, 1.165) is 0 Å². The average Bonchev–Trinajstić information content (AvgIpc) is 3.25. The number of aliphatic hydroxyl groups is 1. The minimum absolute atomic E-state index is 0.109. The van der Waals surface area contributed by atoms with Crippen molar-refractivity contribution >= 4 is 23.3 Å². The molecule has 1 aliphatic heterocycles. The lowest BCUT2D eigenvalue weighted by atomic mass is 9.83. The molecule has 4 atom stereocenters. The van der Waals surface area contributed by atoms with Crippen molar-refractivity contribution in [2.24, 2.45) is 28.0 Å². The number of methoxy groups -OCH3 is 1. The van der Waals surface area contributed by atoms with Crippen LogP contribution in [0.3, 0.4) is 0 Å². The molecule has 2 aliphatic rings. The molecule has 166 valence electrons. The van der Waals surface area contributed by atoms with E-state index in [4.69, 9.17) is 14.2 Å². The monoisotopic (exact) mass is 438 g/mol. The summed E-state index contributed by atoms with van der Waals surface area (Å²) in [5.74, 6) is -2.78. The van der Waals surface area contributed by atoms with E-state index in [2.05, 4.69) is 10.2 Å². The fourth-order valence-corrected chi connectivity index (χ4v) is 4.16. The first-order valence-corrected chi connectivity index (χ1v) is 10.1. The number of rotatable bonds is 5. The number of phenols is 1. The van der Waals surface area contributed by atoms with Crippen LogP contribution in [0.15, 0.2) is 70.6 Å². The quantitative estimate of drug-likeness (QED) is 0.413. The van der Waals surface area contributed by atoms with E-state index in [1.54, 1.807) is 12.1 Å². The normalized spacial score (nSPS) is 24.4. The van der Waals surface area contributed by atoms with Crippen LogP contribution in [-0.4, -0.2) is 35.6 Å². The van der Waals surface area contributed by atoms with Crippen molar-refractivity contribution in [2.45, 2.75) is 19.1 Å². The molecule has 0 bridgehead atoms. The van der Waals surface area contributed by atoms with Gasteiger partial charge in [0.2, 0.25) is 6.29 Å². The van der Waals surface area contributed by atoms with Crippen LogP contribution in [0.25, 0.3) is 0 Å². The topological polar surface area (TPSA) is 127 Å². The van der Waals surface area contributed by atoms with Crippen LogP contribution in [0.1, 0.15) is 12.8 Å². The van der Waals surface area contributed by atoms with Crippen molar-refractivity contribution in [1.29, 1.82) is 0 Å². The summed E-state index contributed by atoms with van der Waals surface area (Å²) >= 11 is 0. The van der Waals surface area contributed by atoms with E-state index in [0.29, 0.717) is 18.5 Å². The van der Waals surface area contributed by atoms with E-state index < -0.39 is 36.0 Å². The summed E-state index contributed by atoms with van der Waals surface area (Å²) in [6.45, 7) is 0. The number of carbonyl (C=O) groups is 2. The Morgan fingerprint density at radius 1 is 1.09 bits per heavy atom. The SMILES string of the molecule is COC(=O)C1CCC2C(C(=O)Oc3ccc(/N=N/c4ccccc4)c(O)c3)=COC(O)C12. The Morgan fingerprint density at radius 3 is 2.59 bits per heavy atom. The molecule has 0 saturated heterocycles. The summed E-state index contributed by atoms with van der Waals surface area (Å²) in [6.07, 6.45) is 0.947. The average molecular weight is 438 g/mol. The van der Waals surface area contributed by atoms with Crippen molar-refractivity contribution in [3.05, 3.63) is 60.4 Å². The van der Waals surface area contributed by atoms with Crippen molar-refractivity contribution in [3.63, 3.8) is 0 Å². The molecule has 2 N–H and O–H groups in total. The molecule has 9 heteroatoms. The molecule has 1 saturated carbocycles. The van der Waals surface area contributed by atoms with Gasteiger partial charge in [0.25, 0.3) is 0 Å². The minimum Gasteiger partial charge on any atom is -0.505 e. The van der Waals surface area contributed by atoms with E-state index in [1.807, 2.05) is 18.2 Å². The Labute approximate surface area is 184 Å². The maximum absolute atomic E-state index is 12.8. The van der Waals surface area contributed by atoms with Crippen LogP contribution in [0.2, 0.25) is 0 Å². The molecule has 32 heavy (non-hydrogen) atoms. The van der Waals surface area contributed by atoms with Gasteiger partial charge in [-0.25, -0.2) is 4.79 Å². The second-order valence-electron chi connectivity index (χ2n) is 7.57. The first kappa shape index (κ1) is 21.5. The molecule has 1 heterocycles. The predicted octanol–water partition coefficient (Wildman–Crippen LogP) is 3.76. The molecule has 4 unspecified atom stereocenters. The Hall–Kier alpha value is -3.72. The van der Waals surface area contributed by atoms with Gasteiger partial charge in [0.15, 0.2) is 0 Å². The second-order valence-corrected chi connectivity index (χ2v) is 7.57. The molecule has 9 nitrogen and oxygen atoms in total. The van der Waals surface area contributed by atoms with E-state index >= 15 is 0 Å². The molecule has 1 fully saturated rings. The highest BCUT2D eigenvalue weighted by atomic mass is 16.6. The summed E-state index contributed by atoms with van der Waals surface area (Å²) in [4.78, 5) is 24.8. The zero-order valence-corrected chi connectivity index (χ0v) is 17.2. The number of aromatic hydroxyl groups is 1. The molecule has 0 amide bonds. The van der Waals surface area contributed by atoms with Gasteiger partial charge in [-0.3, -0.25) is 4.79 Å². The molecule has 0 aromatic heterocycles. The number of esters is 2. The summed E-state index contributed by atoms with van der Waals surface area (Å²) < 4.78 is 15.4. The molecular weight excluding hydrogens is 416 g/mol. The third-order valence-corrected chi connectivity index (χ3v) is 5.71. The third kappa shape index (κ3) is 4.33. The molecule has 2 aromatic carbocycles. The summed E-state index contributed by atoms with van der Waals surface area (Å²) in [5, 5.41) is 28.5. The van der Waals surface area contributed by atoms with Gasteiger partial charge in [0.1, 0.15) is 17.2 Å². The number of nitrogens with zero attached hydrogens (tertiary/aromatic N) is 2. The van der Waals surface area contributed by atoms with Gasteiger partial charge < -0.3 is 24.4 Å². The van der Waals surface area contributed by atoms with Crippen molar-refractivity contribution < 1.29 is 34.0 Å². The largest absolute Gasteiger partial charge is 0.505 e. The maximum Gasteiger partial charge on any atom is 0.342 e. The highest BCUT2D eigenvalue weighted by molar-refractivity contribution is 5.91. The number of ether oxygens (including phenoxy) is 3. The van der Waals surface area contributed by atoms with Crippen LogP contribution < -0.4 is 4.74 Å². The van der Waals surface area contributed by atoms with Gasteiger partial charge in [0, 0.05) is 17.9 Å². The summed E-state index contributed by atoms with van der Waals surface area (Å²) in [7, 11) is 1.28. The molecule has 1 aliphatic carbocycles. The zero-order valence-electron chi connectivity index (χ0n) is 17.2. The number of phenolic OH excluding ortho intramolecular Hbond substituents is 1. The fourth-order valence-electron chi connectivity index (χ4n) is 4.16. The third-order valence-electron chi connectivity index (χ3n) is 5.71. The van der Waals surface area contributed by atoms with Crippen LogP contribution in [0.4, 0.5) is 11.4 Å². The van der Waals surface area contributed by atoms with Crippen molar-refractivity contribution in [3.8, 4) is 11.5 Å². The number of hydrogen-bond acceptors (Lipinski definition) is 9. The number of aliphatic hydroxyl groups excluding tert-OH is 1. The lowest BCUT2D eigenvalue weighted by molar-refractivity contribution is -0.162. The summed E-state index contributed by atoms with van der Waals surface area (Å²) in [5.41, 5.74) is 1.07. The second kappa shape index (κ2) is 9.19. The Kier molecular flexibility index (Phi) is 6.18. The number of fused-ring (bicyclic) bond motifs is 1. The minimum atomic E-state index is -1.21. The lowest BCUT2D eigenvalue weighted by Crippen LogP contribution is -2.39. The number of hydrogen-bond donors (Lipinski definition) is 2. The lowest BCUT2D eigenvalue weighted by Gasteiger charge is -2.32. The first-order valence-electron chi connectivity index (χ1n) is 10.1. The Balaban J connectivity index is 1.46. The first-order chi connectivity index (χ1) is 15.5. The van der Waals surface area contributed by atoms with Crippen molar-refractivity contribution in [1.82, 2.24) is 0 Å². The van der Waals surface area contributed by atoms with Gasteiger partial charge in [0.05, 0.1) is 30.6 Å². The van der Waals surface area contributed by atoms with Crippen LogP contribution in [0.5, 0.6) is 11.5 Å². The molecule has 0 radical (unpaired) electrons. The van der Waals surface area contributed by atoms with Gasteiger partial charge in [-0.2, -0.15) is 5.11 Å². The highest BCUT2D eigenvalue weighted by Gasteiger charge is 2.50. The zero-order chi connectivity index (χ0) is 22.7. The molecule has 2 aromatic rings. The number of azo groups is 1. The van der Waals surface area contributed by atoms with Gasteiger partial charge in [-0.1, -0.05) is 18.2 Å². The van der Waals surface area contributed by atoms with Gasteiger partial charge in [-0.15, -0.1) is 5.11 Å². The Morgan fingerprint density at radius 2 is 1.88 bits per heavy atom. The van der Waals surface area contributed by atoms with Crippen LogP contribution in [-0.2, 0) is 19.1 Å². The fraction of sp³-hybridized carbons (Fsp3) is 0.304. The van der Waals surface area contributed by atoms with Gasteiger partial charge >= 0.3 is 11.9 Å². The number of carbonyl (C=O) groups excluding carboxylic acids is 2. The molecule has 0 spiro atoms. The number of benzene rings is 2. The standard InChI is InChI=1S/C23H22N2O7/c1-30-21(27)16-9-8-15-17(12-31-23(29)20(15)16)22(28)32-14-7-10-18(19(26)11-14)25-24-13-5-3-2-4-6-13/h2-7,10-12,15-16,20,23,26,29H,8-9H2,1H3/b25-24+. The van der Waals surface area contributed by atoms with Gasteiger partial charge in [-0.05, 0) is 37.1 Å². The summed E-state index contributed by atoms with van der Waals surface area (Å²) in [6, 6.07) is 13.3. The van der Waals surface area contributed by atoms with E-state index in [9.17, 15) is 19.8 Å². The smallest absolute Gasteiger partial charge is 0.342 e. The highest BCUT2D eigenvalue weighted by Crippen LogP contribution is 2.46. The van der Waals surface area contributed by atoms with E-state index in [-0.39, 0.29) is 22.8 Å².